The number of rotatable bonds is 3. The van der Waals surface area contributed by atoms with Crippen molar-refractivity contribution in [2.45, 2.75) is 39.2 Å². The molecule has 16 heavy (non-hydrogen) atoms. The molecule has 0 aliphatic carbocycles. The molecule has 0 amide bonds. The van der Waals surface area contributed by atoms with Crippen LogP contribution in [0.3, 0.4) is 0 Å². The molecule has 0 radical (unpaired) electrons. The van der Waals surface area contributed by atoms with Crippen molar-refractivity contribution < 1.29 is 0 Å². The molecular formula is C11H20N4S. The van der Waals surface area contributed by atoms with Gasteiger partial charge in [0.2, 0.25) is 5.13 Å². The maximum Gasteiger partial charge on any atom is 0.205 e. The van der Waals surface area contributed by atoms with Gasteiger partial charge in [0.1, 0.15) is 5.82 Å². The van der Waals surface area contributed by atoms with Gasteiger partial charge in [0.05, 0.1) is 0 Å². The monoisotopic (exact) mass is 240 g/mol. The second-order valence-electron chi connectivity index (χ2n) is 4.62. The summed E-state index contributed by atoms with van der Waals surface area (Å²) >= 11 is 1.52. The molecule has 1 fully saturated rings. The predicted molar refractivity (Wildman–Crippen MR) is 67.9 cm³/mol. The lowest BCUT2D eigenvalue weighted by Gasteiger charge is -2.34. The summed E-state index contributed by atoms with van der Waals surface area (Å²) in [4.78, 5) is 6.90. The van der Waals surface area contributed by atoms with Crippen LogP contribution in [0, 0.1) is 5.92 Å². The van der Waals surface area contributed by atoms with Crippen LogP contribution in [-0.4, -0.2) is 28.5 Å². The third-order valence-electron chi connectivity index (χ3n) is 3.17. The molecule has 5 heteroatoms. The number of aromatic nitrogens is 2. The Morgan fingerprint density at radius 2 is 2.38 bits per heavy atom. The number of nitrogens with two attached hydrogens (primary N) is 1. The first kappa shape index (κ1) is 11.8. The summed E-state index contributed by atoms with van der Waals surface area (Å²) in [5, 5.41) is 1.07. The summed E-state index contributed by atoms with van der Waals surface area (Å²) in [6, 6.07) is 0.347. The van der Waals surface area contributed by atoms with Crippen LogP contribution in [0.4, 0.5) is 5.13 Å². The predicted octanol–water partition coefficient (Wildman–Crippen LogP) is 1.66. The normalized spacial score (nSPS) is 26.1. The highest BCUT2D eigenvalue weighted by Crippen LogP contribution is 2.24. The smallest absolute Gasteiger partial charge is 0.205 e. The van der Waals surface area contributed by atoms with E-state index >= 15 is 0 Å². The topological polar surface area (TPSA) is 55.0 Å². The van der Waals surface area contributed by atoms with Gasteiger partial charge in [0.25, 0.3) is 0 Å². The lowest BCUT2D eigenvalue weighted by atomic mass is 9.95. The van der Waals surface area contributed by atoms with Crippen LogP contribution in [0.5, 0.6) is 0 Å². The van der Waals surface area contributed by atoms with Crippen molar-refractivity contribution in [3.05, 3.63) is 5.82 Å². The van der Waals surface area contributed by atoms with Gasteiger partial charge in [-0.15, -0.1) is 0 Å². The molecule has 0 saturated carbocycles. The zero-order chi connectivity index (χ0) is 11.5. The first-order valence-corrected chi connectivity index (χ1v) is 6.81. The van der Waals surface area contributed by atoms with Gasteiger partial charge in [-0.1, -0.05) is 13.8 Å². The second-order valence-corrected chi connectivity index (χ2v) is 5.35. The van der Waals surface area contributed by atoms with Gasteiger partial charge in [0, 0.05) is 37.1 Å². The van der Waals surface area contributed by atoms with Crippen LogP contribution < -0.4 is 10.6 Å². The highest BCUT2D eigenvalue weighted by atomic mass is 32.1. The van der Waals surface area contributed by atoms with Crippen LogP contribution in [0.25, 0.3) is 0 Å². The molecule has 0 spiro atoms. The molecule has 2 heterocycles. The lowest BCUT2D eigenvalue weighted by molar-refractivity contribution is 0.382. The highest BCUT2D eigenvalue weighted by Gasteiger charge is 2.25. The Bertz CT molecular complexity index is 338. The average molecular weight is 240 g/mol. The van der Waals surface area contributed by atoms with Gasteiger partial charge in [-0.25, -0.2) is 4.98 Å². The van der Waals surface area contributed by atoms with Crippen molar-refractivity contribution >= 4 is 16.7 Å². The van der Waals surface area contributed by atoms with E-state index in [2.05, 4.69) is 28.1 Å². The Kier molecular flexibility index (Phi) is 3.76. The Balaban J connectivity index is 2.01. The zero-order valence-corrected chi connectivity index (χ0v) is 10.8. The van der Waals surface area contributed by atoms with Crippen molar-refractivity contribution in [3.8, 4) is 0 Å². The molecule has 2 unspecified atom stereocenters. The summed E-state index contributed by atoms with van der Waals surface area (Å²) in [6.45, 7) is 6.40. The number of nitrogens with zero attached hydrogens (tertiary/aromatic N) is 3. The number of piperidine rings is 1. The number of hydrogen-bond acceptors (Lipinski definition) is 5. The molecule has 4 nitrogen and oxygen atoms in total. The van der Waals surface area contributed by atoms with Crippen molar-refractivity contribution in [2.24, 2.45) is 11.7 Å². The largest absolute Gasteiger partial charge is 0.346 e. The standard InChI is InChI=1S/C11H20N4S/c1-3-4-10-13-11(16-14-10)15-6-5-9(12)8(2)7-15/h8-9H,3-7,12H2,1-2H3. The molecule has 1 saturated heterocycles. The molecular weight excluding hydrogens is 220 g/mol. The Hall–Kier alpha value is -0.680. The van der Waals surface area contributed by atoms with Gasteiger partial charge in [-0.3, -0.25) is 0 Å². The van der Waals surface area contributed by atoms with Crippen molar-refractivity contribution in [1.29, 1.82) is 0 Å². The van der Waals surface area contributed by atoms with Crippen molar-refractivity contribution in [1.82, 2.24) is 9.36 Å². The van der Waals surface area contributed by atoms with E-state index in [1.54, 1.807) is 0 Å². The minimum Gasteiger partial charge on any atom is -0.346 e. The summed E-state index contributed by atoms with van der Waals surface area (Å²) in [6.07, 6.45) is 3.15. The number of hydrogen-bond donors (Lipinski definition) is 1. The van der Waals surface area contributed by atoms with E-state index in [1.165, 1.54) is 11.5 Å². The average Bonchev–Trinajstić information content (AvgIpc) is 2.71. The third-order valence-corrected chi connectivity index (χ3v) is 3.99. The zero-order valence-electron chi connectivity index (χ0n) is 10.0. The summed E-state index contributed by atoms with van der Waals surface area (Å²) in [7, 11) is 0. The molecule has 2 N–H and O–H groups in total. The minimum atomic E-state index is 0.347. The van der Waals surface area contributed by atoms with E-state index < -0.39 is 0 Å². The fraction of sp³-hybridized carbons (Fsp3) is 0.818. The third kappa shape index (κ3) is 2.52. The molecule has 2 rings (SSSR count). The minimum absolute atomic E-state index is 0.347. The molecule has 1 aliphatic heterocycles. The van der Waals surface area contributed by atoms with Crippen molar-refractivity contribution in [3.63, 3.8) is 0 Å². The van der Waals surface area contributed by atoms with E-state index in [1.807, 2.05) is 0 Å². The SMILES string of the molecule is CCCc1nsc(N2CCC(N)C(C)C2)n1. The molecule has 0 aromatic carbocycles. The molecule has 90 valence electrons. The van der Waals surface area contributed by atoms with Gasteiger partial charge in [0.15, 0.2) is 0 Å². The molecule has 1 aliphatic rings. The van der Waals surface area contributed by atoms with Gasteiger partial charge >= 0.3 is 0 Å². The summed E-state index contributed by atoms with van der Waals surface area (Å²) in [5.41, 5.74) is 6.01. The van der Waals surface area contributed by atoms with E-state index in [0.717, 1.165) is 43.3 Å². The second kappa shape index (κ2) is 5.10. The molecule has 0 bridgehead atoms. The van der Waals surface area contributed by atoms with Crippen LogP contribution in [0.2, 0.25) is 0 Å². The summed E-state index contributed by atoms with van der Waals surface area (Å²) < 4.78 is 4.38. The first-order valence-electron chi connectivity index (χ1n) is 6.03. The Labute approximate surface area is 101 Å². The first-order chi connectivity index (χ1) is 7.70. The maximum atomic E-state index is 6.01. The van der Waals surface area contributed by atoms with E-state index in [4.69, 9.17) is 5.73 Å². The molecule has 1 aromatic heterocycles. The van der Waals surface area contributed by atoms with E-state index in [9.17, 15) is 0 Å². The van der Waals surface area contributed by atoms with Gasteiger partial charge in [-0.05, 0) is 18.8 Å². The van der Waals surface area contributed by atoms with Gasteiger partial charge < -0.3 is 10.6 Å². The van der Waals surface area contributed by atoms with Crippen LogP contribution in [0.1, 0.15) is 32.5 Å². The van der Waals surface area contributed by atoms with Crippen LogP contribution in [-0.2, 0) is 6.42 Å². The fourth-order valence-electron chi connectivity index (χ4n) is 2.04. The Morgan fingerprint density at radius 1 is 1.56 bits per heavy atom. The quantitative estimate of drug-likeness (QED) is 0.873. The summed E-state index contributed by atoms with van der Waals surface area (Å²) in [5.74, 6) is 1.54. The molecule has 2 atom stereocenters. The van der Waals surface area contributed by atoms with Crippen LogP contribution in [0.15, 0.2) is 0 Å². The van der Waals surface area contributed by atoms with E-state index in [-0.39, 0.29) is 0 Å². The molecule has 1 aromatic rings. The number of anilines is 1. The lowest BCUT2D eigenvalue weighted by Crippen LogP contribution is -2.45. The highest BCUT2D eigenvalue weighted by molar-refractivity contribution is 7.09. The van der Waals surface area contributed by atoms with Crippen LogP contribution >= 0.6 is 11.5 Å². The van der Waals surface area contributed by atoms with Gasteiger partial charge in [-0.2, -0.15) is 4.37 Å². The van der Waals surface area contributed by atoms with Crippen molar-refractivity contribution in [2.75, 3.05) is 18.0 Å². The number of aryl methyl sites for hydroxylation is 1. The Morgan fingerprint density at radius 3 is 3.06 bits per heavy atom. The van der Waals surface area contributed by atoms with E-state index in [0.29, 0.717) is 12.0 Å². The maximum absolute atomic E-state index is 6.01. The fourth-order valence-corrected chi connectivity index (χ4v) is 2.78.